The number of hydrogen-bond acceptors (Lipinski definition) is 5. The summed E-state index contributed by atoms with van der Waals surface area (Å²) in [7, 11) is 0. The first-order chi connectivity index (χ1) is 13.9. The van der Waals surface area contributed by atoms with E-state index in [9.17, 15) is 14.4 Å². The SMILES string of the molecule is Cc1ccc(C(=O)NNC(=O)[C@@H]2CC(=O)N(c3ccc4c(c3)OCO4)C2)c(C)c1. The lowest BCUT2D eigenvalue weighted by Crippen LogP contribution is -2.45. The third-order valence-corrected chi connectivity index (χ3v) is 5.09. The van der Waals surface area contributed by atoms with E-state index < -0.39 is 17.7 Å². The first-order valence-corrected chi connectivity index (χ1v) is 9.30. The fourth-order valence-electron chi connectivity index (χ4n) is 3.54. The van der Waals surface area contributed by atoms with Gasteiger partial charge in [0.05, 0.1) is 5.92 Å². The molecule has 2 aromatic carbocycles. The van der Waals surface area contributed by atoms with Gasteiger partial charge < -0.3 is 14.4 Å². The number of hydrazine groups is 1. The summed E-state index contributed by atoms with van der Waals surface area (Å²) in [5.74, 6) is -0.322. The molecule has 0 aliphatic carbocycles. The Balaban J connectivity index is 1.37. The van der Waals surface area contributed by atoms with Crippen molar-refractivity contribution in [3.8, 4) is 11.5 Å². The van der Waals surface area contributed by atoms with Gasteiger partial charge in [-0.3, -0.25) is 25.2 Å². The molecular formula is C21H21N3O5. The molecule has 150 valence electrons. The lowest BCUT2D eigenvalue weighted by molar-refractivity contribution is -0.126. The van der Waals surface area contributed by atoms with Gasteiger partial charge in [0.25, 0.3) is 5.91 Å². The average molecular weight is 395 g/mol. The number of ether oxygens (including phenoxy) is 2. The fourth-order valence-corrected chi connectivity index (χ4v) is 3.54. The van der Waals surface area contributed by atoms with E-state index in [1.54, 1.807) is 24.3 Å². The van der Waals surface area contributed by atoms with Crippen molar-refractivity contribution < 1.29 is 23.9 Å². The van der Waals surface area contributed by atoms with Crippen LogP contribution >= 0.6 is 0 Å². The lowest BCUT2D eigenvalue weighted by Gasteiger charge is -2.17. The first-order valence-electron chi connectivity index (χ1n) is 9.30. The van der Waals surface area contributed by atoms with E-state index in [-0.39, 0.29) is 25.7 Å². The number of nitrogens with one attached hydrogen (secondary N) is 2. The molecule has 2 N–H and O–H groups in total. The predicted molar refractivity (Wildman–Crippen MR) is 105 cm³/mol. The smallest absolute Gasteiger partial charge is 0.269 e. The molecule has 8 nitrogen and oxygen atoms in total. The van der Waals surface area contributed by atoms with Crippen LogP contribution < -0.4 is 25.2 Å². The summed E-state index contributed by atoms with van der Waals surface area (Å²) >= 11 is 0. The molecule has 0 aromatic heterocycles. The van der Waals surface area contributed by atoms with Crippen molar-refractivity contribution in [2.75, 3.05) is 18.2 Å². The molecule has 2 aliphatic heterocycles. The fraction of sp³-hybridized carbons (Fsp3) is 0.286. The van der Waals surface area contributed by atoms with Crippen LogP contribution in [0.1, 0.15) is 27.9 Å². The standard InChI is InChI=1S/C21H21N3O5/c1-12-3-5-16(13(2)7-12)21(27)23-22-20(26)14-8-19(25)24(10-14)15-4-6-17-18(9-15)29-11-28-17/h3-7,9,14H,8,10-11H2,1-2H3,(H,22,26)(H,23,27)/t14-/m1/s1. The van der Waals surface area contributed by atoms with Crippen LogP contribution in [-0.4, -0.2) is 31.1 Å². The lowest BCUT2D eigenvalue weighted by atomic mass is 10.1. The largest absolute Gasteiger partial charge is 0.454 e. The molecule has 0 radical (unpaired) electrons. The molecule has 2 aromatic rings. The minimum Gasteiger partial charge on any atom is -0.454 e. The van der Waals surface area contributed by atoms with Gasteiger partial charge in [-0.05, 0) is 37.6 Å². The topological polar surface area (TPSA) is 97.0 Å². The summed E-state index contributed by atoms with van der Waals surface area (Å²) in [6, 6.07) is 10.7. The Morgan fingerprint density at radius 1 is 1.03 bits per heavy atom. The van der Waals surface area contributed by atoms with E-state index in [1.165, 1.54) is 4.90 Å². The highest BCUT2D eigenvalue weighted by Gasteiger charge is 2.36. The van der Waals surface area contributed by atoms with E-state index >= 15 is 0 Å². The van der Waals surface area contributed by atoms with Crippen molar-refractivity contribution in [3.05, 3.63) is 53.1 Å². The van der Waals surface area contributed by atoms with Crippen molar-refractivity contribution in [3.63, 3.8) is 0 Å². The van der Waals surface area contributed by atoms with Crippen LogP contribution in [0.5, 0.6) is 11.5 Å². The quantitative estimate of drug-likeness (QED) is 0.773. The maximum atomic E-state index is 12.5. The van der Waals surface area contributed by atoms with Gasteiger partial charge in [-0.25, -0.2) is 0 Å². The molecule has 0 unspecified atom stereocenters. The molecule has 0 spiro atoms. The minimum atomic E-state index is -0.563. The van der Waals surface area contributed by atoms with Gasteiger partial charge in [0, 0.05) is 30.3 Å². The van der Waals surface area contributed by atoms with Crippen molar-refractivity contribution in [2.24, 2.45) is 5.92 Å². The average Bonchev–Trinajstić information content (AvgIpc) is 3.31. The second-order valence-corrected chi connectivity index (χ2v) is 7.20. The highest BCUT2D eigenvalue weighted by atomic mass is 16.7. The monoisotopic (exact) mass is 395 g/mol. The Kier molecular flexibility index (Phi) is 4.84. The Labute approximate surface area is 167 Å². The number of amides is 3. The number of nitrogens with zero attached hydrogens (tertiary/aromatic N) is 1. The molecule has 0 saturated carbocycles. The van der Waals surface area contributed by atoms with E-state index in [1.807, 2.05) is 26.0 Å². The van der Waals surface area contributed by atoms with E-state index in [0.29, 0.717) is 22.7 Å². The maximum absolute atomic E-state index is 12.5. The summed E-state index contributed by atoms with van der Waals surface area (Å²) in [6.45, 7) is 4.16. The number of anilines is 1. The summed E-state index contributed by atoms with van der Waals surface area (Å²) in [5.41, 5.74) is 7.88. The molecule has 1 saturated heterocycles. The summed E-state index contributed by atoms with van der Waals surface area (Å²) in [6.07, 6.45) is 0.0692. The van der Waals surface area contributed by atoms with Crippen molar-refractivity contribution >= 4 is 23.4 Å². The third-order valence-electron chi connectivity index (χ3n) is 5.09. The van der Waals surface area contributed by atoms with Crippen molar-refractivity contribution in [1.82, 2.24) is 10.9 Å². The van der Waals surface area contributed by atoms with E-state index in [0.717, 1.165) is 11.1 Å². The molecule has 2 aliphatic rings. The zero-order valence-corrected chi connectivity index (χ0v) is 16.2. The number of fused-ring (bicyclic) bond motifs is 1. The van der Waals surface area contributed by atoms with Gasteiger partial charge in [0.2, 0.25) is 18.6 Å². The summed E-state index contributed by atoms with van der Waals surface area (Å²) < 4.78 is 10.6. The summed E-state index contributed by atoms with van der Waals surface area (Å²) in [5, 5.41) is 0. The van der Waals surface area contributed by atoms with Crippen LogP contribution in [0.15, 0.2) is 36.4 Å². The van der Waals surface area contributed by atoms with Gasteiger partial charge in [-0.15, -0.1) is 0 Å². The Hall–Kier alpha value is -3.55. The highest BCUT2D eigenvalue weighted by molar-refractivity contribution is 6.01. The number of hydrogen-bond donors (Lipinski definition) is 2. The zero-order chi connectivity index (χ0) is 20.5. The van der Waals surface area contributed by atoms with Crippen molar-refractivity contribution in [2.45, 2.75) is 20.3 Å². The molecule has 1 fully saturated rings. The van der Waals surface area contributed by atoms with Gasteiger partial charge in [0.15, 0.2) is 11.5 Å². The minimum absolute atomic E-state index is 0.0692. The second-order valence-electron chi connectivity index (χ2n) is 7.20. The number of aryl methyl sites for hydroxylation is 2. The summed E-state index contributed by atoms with van der Waals surface area (Å²) in [4.78, 5) is 38.8. The molecule has 4 rings (SSSR count). The van der Waals surface area contributed by atoms with Crippen LogP contribution in [0.3, 0.4) is 0 Å². The third kappa shape index (κ3) is 3.73. The molecule has 3 amide bonds. The molecule has 2 heterocycles. The predicted octanol–water partition coefficient (Wildman–Crippen LogP) is 1.85. The van der Waals surface area contributed by atoms with Gasteiger partial charge in [0.1, 0.15) is 0 Å². The Morgan fingerprint density at radius 3 is 2.62 bits per heavy atom. The van der Waals surface area contributed by atoms with Crippen molar-refractivity contribution in [1.29, 1.82) is 0 Å². The number of rotatable bonds is 3. The van der Waals surface area contributed by atoms with Crippen LogP contribution in [0.2, 0.25) is 0 Å². The Morgan fingerprint density at radius 2 is 1.83 bits per heavy atom. The number of benzene rings is 2. The number of carbonyl (C=O) groups is 3. The van der Waals surface area contributed by atoms with Gasteiger partial charge in [-0.2, -0.15) is 0 Å². The van der Waals surface area contributed by atoms with Gasteiger partial charge >= 0.3 is 0 Å². The normalized spacial score (nSPS) is 17.4. The molecule has 0 bridgehead atoms. The first kappa shape index (κ1) is 18.8. The molecule has 1 atom stereocenters. The molecule has 8 heteroatoms. The maximum Gasteiger partial charge on any atom is 0.269 e. The highest BCUT2D eigenvalue weighted by Crippen LogP contribution is 2.37. The second kappa shape index (κ2) is 7.46. The van der Waals surface area contributed by atoms with E-state index in [4.69, 9.17) is 9.47 Å². The van der Waals surface area contributed by atoms with Crippen LogP contribution in [0.25, 0.3) is 0 Å². The zero-order valence-electron chi connectivity index (χ0n) is 16.2. The van der Waals surface area contributed by atoms with E-state index in [2.05, 4.69) is 10.9 Å². The molecule has 29 heavy (non-hydrogen) atoms. The number of carbonyl (C=O) groups excluding carboxylic acids is 3. The van der Waals surface area contributed by atoms with Crippen LogP contribution in [0.4, 0.5) is 5.69 Å². The van der Waals surface area contributed by atoms with Crippen LogP contribution in [0, 0.1) is 19.8 Å². The Bertz CT molecular complexity index is 1000. The molecular weight excluding hydrogens is 374 g/mol. The van der Waals surface area contributed by atoms with Crippen LogP contribution in [-0.2, 0) is 9.59 Å². The van der Waals surface area contributed by atoms with Gasteiger partial charge in [-0.1, -0.05) is 17.7 Å².